The molecule has 0 aromatic heterocycles. The minimum atomic E-state index is -1.01. The summed E-state index contributed by atoms with van der Waals surface area (Å²) in [4.78, 5) is 38.8. The van der Waals surface area contributed by atoms with Crippen LogP contribution in [0.2, 0.25) is 5.02 Å². The molecule has 0 aliphatic carbocycles. The fourth-order valence-electron chi connectivity index (χ4n) is 2.26. The van der Waals surface area contributed by atoms with E-state index in [1.54, 1.807) is 47.6 Å². The van der Waals surface area contributed by atoms with Gasteiger partial charge in [-0.15, -0.1) is 6.58 Å². The van der Waals surface area contributed by atoms with Gasteiger partial charge in [-0.05, 0) is 65.7 Å². The summed E-state index contributed by atoms with van der Waals surface area (Å²) >= 11 is 6.32. The Bertz CT molecular complexity index is 777. The molecule has 29 heavy (non-hydrogen) atoms. The molecule has 0 spiro atoms. The molecule has 8 heteroatoms. The van der Waals surface area contributed by atoms with Gasteiger partial charge in [-0.2, -0.15) is 4.90 Å². The van der Waals surface area contributed by atoms with Crippen LogP contribution in [0.15, 0.2) is 24.8 Å². The van der Waals surface area contributed by atoms with Crippen LogP contribution in [0, 0.1) is 0 Å². The quantitative estimate of drug-likeness (QED) is 0.358. The summed E-state index contributed by atoms with van der Waals surface area (Å²) in [6.45, 7) is 13.6. The first-order chi connectivity index (χ1) is 13.2. The molecule has 0 saturated carbocycles. The number of amides is 2. The fraction of sp³-hybridized carbons (Fsp3) is 0.476. The molecule has 0 radical (unpaired) electrons. The van der Waals surface area contributed by atoms with Crippen molar-refractivity contribution < 1.29 is 28.6 Å². The maximum absolute atomic E-state index is 12.9. The minimum absolute atomic E-state index is 0.0366. The Kier molecular flexibility index (Phi) is 7.86. The Morgan fingerprint density at radius 3 is 1.90 bits per heavy atom. The topological polar surface area (TPSA) is 82.1 Å². The first-order valence-electron chi connectivity index (χ1n) is 8.98. The molecule has 0 saturated heterocycles. The Balaban J connectivity index is 3.67. The van der Waals surface area contributed by atoms with Gasteiger partial charge in [0.1, 0.15) is 11.2 Å². The number of hydrogen-bond acceptors (Lipinski definition) is 6. The highest BCUT2D eigenvalue weighted by Gasteiger charge is 2.35. The van der Waals surface area contributed by atoms with E-state index < -0.39 is 29.4 Å². The van der Waals surface area contributed by atoms with Crippen LogP contribution in [-0.2, 0) is 20.6 Å². The van der Waals surface area contributed by atoms with Gasteiger partial charge in [-0.1, -0.05) is 17.7 Å². The third kappa shape index (κ3) is 7.09. The van der Waals surface area contributed by atoms with Crippen LogP contribution in [0.25, 0.3) is 0 Å². The van der Waals surface area contributed by atoms with E-state index in [4.69, 9.17) is 25.8 Å². The number of carbonyl (C=O) groups excluding carboxylic acids is 3. The predicted molar refractivity (Wildman–Crippen MR) is 112 cm³/mol. The molecule has 0 aliphatic rings. The monoisotopic (exact) mass is 425 g/mol. The number of imide groups is 1. The predicted octanol–water partition coefficient (Wildman–Crippen LogP) is 5.53. The zero-order valence-electron chi connectivity index (χ0n) is 17.9. The third-order valence-electron chi connectivity index (χ3n) is 3.33. The molecule has 0 atom stereocenters. The molecule has 1 aromatic rings. The number of benzene rings is 1. The number of esters is 1. The van der Waals surface area contributed by atoms with Gasteiger partial charge >= 0.3 is 18.2 Å². The number of rotatable bonds is 4. The lowest BCUT2D eigenvalue weighted by Crippen LogP contribution is -2.44. The summed E-state index contributed by atoms with van der Waals surface area (Å²) in [5.74, 6) is -0.751. The number of anilines is 1. The van der Waals surface area contributed by atoms with Crippen molar-refractivity contribution in [2.24, 2.45) is 0 Å². The molecule has 0 aliphatic heterocycles. The highest BCUT2D eigenvalue weighted by atomic mass is 35.5. The SMILES string of the molecule is C=CCc1cc(C(=O)OC)c(N(C(=O)OC(C)(C)C)C(=O)OC(C)(C)C)cc1Cl. The maximum atomic E-state index is 12.9. The fourth-order valence-corrected chi connectivity index (χ4v) is 2.50. The minimum Gasteiger partial charge on any atom is -0.465 e. The second kappa shape index (κ2) is 9.31. The standard InChI is InChI=1S/C21H28ClNO6/c1-9-10-13-11-14(17(24)27-8)16(12-15(13)22)23(18(25)28-20(2,3)4)19(26)29-21(5,6)7/h9,11-12H,1,10H2,2-8H3. The molecule has 1 aromatic carbocycles. The van der Waals surface area contributed by atoms with Gasteiger partial charge in [-0.3, -0.25) is 0 Å². The second-order valence-electron chi connectivity index (χ2n) is 8.24. The summed E-state index contributed by atoms with van der Waals surface area (Å²) in [5, 5.41) is 0.240. The number of nitrogens with zero attached hydrogens (tertiary/aromatic N) is 1. The van der Waals surface area contributed by atoms with Crippen molar-refractivity contribution in [3.05, 3.63) is 40.9 Å². The number of hydrogen-bond donors (Lipinski definition) is 0. The van der Waals surface area contributed by atoms with E-state index in [0.29, 0.717) is 16.9 Å². The summed E-state index contributed by atoms with van der Waals surface area (Å²) < 4.78 is 15.5. The molecule has 7 nitrogen and oxygen atoms in total. The van der Waals surface area contributed by atoms with Gasteiger partial charge in [0, 0.05) is 5.02 Å². The molecule has 0 unspecified atom stereocenters. The van der Waals surface area contributed by atoms with E-state index in [1.807, 2.05) is 0 Å². The number of methoxy groups -OCH3 is 1. The van der Waals surface area contributed by atoms with Crippen molar-refractivity contribution in [2.45, 2.75) is 59.2 Å². The summed E-state index contributed by atoms with van der Waals surface area (Å²) in [6.07, 6.45) is -0.0300. The van der Waals surface area contributed by atoms with E-state index in [0.717, 1.165) is 0 Å². The van der Waals surface area contributed by atoms with E-state index in [1.165, 1.54) is 19.2 Å². The Morgan fingerprint density at radius 2 is 1.52 bits per heavy atom. The molecule has 0 N–H and O–H groups in total. The van der Waals surface area contributed by atoms with Crippen molar-refractivity contribution in [3.63, 3.8) is 0 Å². The summed E-state index contributed by atoms with van der Waals surface area (Å²) in [5.41, 5.74) is -1.34. The van der Waals surface area contributed by atoms with Crippen molar-refractivity contribution in [1.82, 2.24) is 0 Å². The van der Waals surface area contributed by atoms with Crippen LogP contribution in [0.5, 0.6) is 0 Å². The van der Waals surface area contributed by atoms with E-state index >= 15 is 0 Å². The zero-order chi connectivity index (χ0) is 22.6. The van der Waals surface area contributed by atoms with Crippen LogP contribution >= 0.6 is 11.6 Å². The molecule has 0 fully saturated rings. The first-order valence-corrected chi connectivity index (χ1v) is 9.35. The molecule has 1 rings (SSSR count). The van der Waals surface area contributed by atoms with Crippen LogP contribution in [-0.4, -0.2) is 36.5 Å². The smallest absolute Gasteiger partial charge is 0.424 e. The van der Waals surface area contributed by atoms with Gasteiger partial charge in [0.05, 0.1) is 18.4 Å². The lowest BCUT2D eigenvalue weighted by Gasteiger charge is -2.29. The number of halogens is 1. The van der Waals surface area contributed by atoms with Crippen molar-refractivity contribution >= 4 is 35.4 Å². The van der Waals surface area contributed by atoms with Gasteiger partial charge in [0.15, 0.2) is 0 Å². The molecule has 0 heterocycles. The second-order valence-corrected chi connectivity index (χ2v) is 8.65. The Labute approximate surface area is 176 Å². The highest BCUT2D eigenvalue weighted by Crippen LogP contribution is 2.32. The van der Waals surface area contributed by atoms with Gasteiger partial charge < -0.3 is 14.2 Å². The van der Waals surface area contributed by atoms with Crippen molar-refractivity contribution in [3.8, 4) is 0 Å². The van der Waals surface area contributed by atoms with Gasteiger partial charge in [-0.25, -0.2) is 14.4 Å². The molecule has 0 bridgehead atoms. The lowest BCUT2D eigenvalue weighted by molar-refractivity contribution is 0.0430. The number of carbonyl (C=O) groups is 3. The maximum Gasteiger partial charge on any atom is 0.424 e. The van der Waals surface area contributed by atoms with E-state index in [2.05, 4.69) is 6.58 Å². The number of ether oxygens (including phenoxy) is 3. The van der Waals surface area contributed by atoms with Gasteiger partial charge in [0.25, 0.3) is 0 Å². The third-order valence-corrected chi connectivity index (χ3v) is 3.68. The van der Waals surface area contributed by atoms with Crippen molar-refractivity contribution in [1.29, 1.82) is 0 Å². The number of allylic oxidation sites excluding steroid dienone is 1. The largest absolute Gasteiger partial charge is 0.465 e. The van der Waals surface area contributed by atoms with Crippen LogP contribution in [0.1, 0.15) is 57.5 Å². The molecular formula is C21H28ClNO6. The first kappa shape index (κ1) is 24.5. The van der Waals surface area contributed by atoms with Crippen LogP contribution in [0.4, 0.5) is 15.3 Å². The van der Waals surface area contributed by atoms with E-state index in [-0.39, 0.29) is 16.3 Å². The normalized spacial score (nSPS) is 11.4. The lowest BCUT2D eigenvalue weighted by atomic mass is 10.0. The zero-order valence-corrected chi connectivity index (χ0v) is 18.7. The van der Waals surface area contributed by atoms with Gasteiger partial charge in [0.2, 0.25) is 0 Å². The Hall–Kier alpha value is -2.54. The molecular weight excluding hydrogens is 398 g/mol. The summed E-state index contributed by atoms with van der Waals surface area (Å²) in [6, 6.07) is 2.79. The summed E-state index contributed by atoms with van der Waals surface area (Å²) in [7, 11) is 1.19. The highest BCUT2D eigenvalue weighted by molar-refractivity contribution is 6.32. The Morgan fingerprint density at radius 1 is 1.03 bits per heavy atom. The molecule has 2 amide bonds. The van der Waals surface area contributed by atoms with Crippen molar-refractivity contribution in [2.75, 3.05) is 12.0 Å². The van der Waals surface area contributed by atoms with Crippen LogP contribution in [0.3, 0.4) is 0 Å². The average molecular weight is 426 g/mol. The average Bonchev–Trinajstić information content (AvgIpc) is 2.53. The van der Waals surface area contributed by atoms with Crippen LogP contribution < -0.4 is 4.90 Å². The molecule has 160 valence electrons. The van der Waals surface area contributed by atoms with E-state index in [9.17, 15) is 14.4 Å².